The summed E-state index contributed by atoms with van der Waals surface area (Å²) in [6.45, 7) is 4.36. The van der Waals surface area contributed by atoms with Crippen LogP contribution in [0.15, 0.2) is 33.8 Å². The van der Waals surface area contributed by atoms with Crippen LogP contribution in [0.1, 0.15) is 18.4 Å². The second kappa shape index (κ2) is 6.10. The van der Waals surface area contributed by atoms with E-state index in [-0.39, 0.29) is 12.3 Å². The number of oxazole rings is 1. The van der Waals surface area contributed by atoms with Crippen molar-refractivity contribution in [2.75, 3.05) is 6.61 Å². The maximum Gasteiger partial charge on any atom is 0.226 e. The van der Waals surface area contributed by atoms with Crippen LogP contribution < -0.4 is 10.5 Å². The number of ether oxygens (including phenoxy) is 1. The summed E-state index contributed by atoms with van der Waals surface area (Å²) in [5.74, 6) is 2.06. The molecule has 0 fully saturated rings. The second-order valence-corrected chi connectivity index (χ2v) is 4.25. The molecule has 2 rings (SSSR count). The minimum atomic E-state index is 0.0969. The minimum Gasteiger partial charge on any atom is -0.494 e. The minimum absolute atomic E-state index is 0.0969. The van der Waals surface area contributed by atoms with E-state index in [0.29, 0.717) is 24.0 Å². The monoisotopic (exact) mass is 275 g/mol. The number of hydrogen-bond donors (Lipinski definition) is 2. The Labute approximate surface area is 116 Å². The van der Waals surface area contributed by atoms with Gasteiger partial charge >= 0.3 is 0 Å². The van der Waals surface area contributed by atoms with E-state index in [1.807, 2.05) is 31.2 Å². The Hall–Kier alpha value is -2.50. The number of amidine groups is 1. The molecule has 0 aliphatic rings. The van der Waals surface area contributed by atoms with E-state index in [4.69, 9.17) is 20.1 Å². The Kier molecular flexibility index (Phi) is 4.24. The first kappa shape index (κ1) is 13.9. The van der Waals surface area contributed by atoms with Gasteiger partial charge in [-0.1, -0.05) is 5.16 Å². The molecule has 3 N–H and O–H groups in total. The molecule has 106 valence electrons. The Morgan fingerprint density at radius 1 is 1.40 bits per heavy atom. The normalized spacial score (nSPS) is 11.6. The molecule has 1 aromatic heterocycles. The predicted molar refractivity (Wildman–Crippen MR) is 75.0 cm³/mol. The van der Waals surface area contributed by atoms with Gasteiger partial charge in [-0.3, -0.25) is 0 Å². The second-order valence-electron chi connectivity index (χ2n) is 4.25. The third kappa shape index (κ3) is 3.09. The van der Waals surface area contributed by atoms with Gasteiger partial charge in [0.1, 0.15) is 17.3 Å². The fourth-order valence-corrected chi connectivity index (χ4v) is 1.78. The highest BCUT2D eigenvalue weighted by Gasteiger charge is 2.12. The largest absolute Gasteiger partial charge is 0.494 e. The molecule has 0 saturated heterocycles. The summed E-state index contributed by atoms with van der Waals surface area (Å²) in [6, 6.07) is 7.48. The molecule has 1 heterocycles. The van der Waals surface area contributed by atoms with E-state index in [9.17, 15) is 0 Å². The van der Waals surface area contributed by atoms with Gasteiger partial charge in [0, 0.05) is 5.56 Å². The van der Waals surface area contributed by atoms with Crippen molar-refractivity contribution < 1.29 is 14.4 Å². The van der Waals surface area contributed by atoms with Crippen molar-refractivity contribution in [2.45, 2.75) is 20.3 Å². The molecule has 0 spiro atoms. The van der Waals surface area contributed by atoms with E-state index in [2.05, 4.69) is 10.1 Å². The number of hydrogen-bond acceptors (Lipinski definition) is 5. The van der Waals surface area contributed by atoms with E-state index in [0.717, 1.165) is 11.3 Å². The molecule has 0 unspecified atom stereocenters. The molecule has 0 aliphatic heterocycles. The molecule has 6 nitrogen and oxygen atoms in total. The predicted octanol–water partition coefficient (Wildman–Crippen LogP) is 2.34. The van der Waals surface area contributed by atoms with Crippen LogP contribution in [0.3, 0.4) is 0 Å². The zero-order valence-corrected chi connectivity index (χ0v) is 11.5. The third-order valence-corrected chi connectivity index (χ3v) is 2.78. The fourth-order valence-electron chi connectivity index (χ4n) is 1.78. The zero-order valence-electron chi connectivity index (χ0n) is 11.5. The lowest BCUT2D eigenvalue weighted by molar-refractivity contribution is 0.317. The molecule has 0 bridgehead atoms. The lowest BCUT2D eigenvalue weighted by Crippen LogP contribution is -2.15. The highest BCUT2D eigenvalue weighted by atomic mass is 16.5. The van der Waals surface area contributed by atoms with Crippen LogP contribution in [0, 0.1) is 6.92 Å². The number of oxime groups is 1. The van der Waals surface area contributed by atoms with Crippen molar-refractivity contribution in [1.29, 1.82) is 0 Å². The van der Waals surface area contributed by atoms with Crippen molar-refractivity contribution in [3.05, 3.63) is 35.7 Å². The van der Waals surface area contributed by atoms with Crippen LogP contribution in [0.25, 0.3) is 11.5 Å². The first-order chi connectivity index (χ1) is 9.63. The van der Waals surface area contributed by atoms with Crippen LogP contribution >= 0.6 is 0 Å². The lowest BCUT2D eigenvalue weighted by atomic mass is 10.2. The molecule has 0 aliphatic carbocycles. The first-order valence-electron chi connectivity index (χ1n) is 6.30. The number of rotatable bonds is 5. The highest BCUT2D eigenvalue weighted by molar-refractivity contribution is 5.81. The molecule has 0 amide bonds. The van der Waals surface area contributed by atoms with Crippen molar-refractivity contribution in [3.63, 3.8) is 0 Å². The summed E-state index contributed by atoms with van der Waals surface area (Å²) in [7, 11) is 0. The number of aromatic nitrogens is 1. The maximum absolute atomic E-state index is 8.58. The molecule has 20 heavy (non-hydrogen) atoms. The van der Waals surface area contributed by atoms with Crippen molar-refractivity contribution in [3.8, 4) is 17.2 Å². The van der Waals surface area contributed by atoms with Gasteiger partial charge in [-0.15, -0.1) is 0 Å². The number of aryl methyl sites for hydroxylation is 1. The van der Waals surface area contributed by atoms with Crippen molar-refractivity contribution in [1.82, 2.24) is 4.98 Å². The van der Waals surface area contributed by atoms with Gasteiger partial charge in [0.15, 0.2) is 0 Å². The van der Waals surface area contributed by atoms with Gasteiger partial charge in [0.2, 0.25) is 5.89 Å². The summed E-state index contributed by atoms with van der Waals surface area (Å²) in [6.07, 6.45) is 0.253. The van der Waals surface area contributed by atoms with Crippen LogP contribution in [0.2, 0.25) is 0 Å². The molecule has 2 aromatic rings. The SMILES string of the molecule is CCOc1ccc(-c2nc(CC(N)=NO)c(C)o2)cc1. The van der Waals surface area contributed by atoms with E-state index >= 15 is 0 Å². The molecule has 0 atom stereocenters. The summed E-state index contributed by atoms with van der Waals surface area (Å²) < 4.78 is 11.0. The average molecular weight is 275 g/mol. The molecule has 0 radical (unpaired) electrons. The Bertz CT molecular complexity index is 603. The molecule has 1 aromatic carbocycles. The van der Waals surface area contributed by atoms with Gasteiger partial charge in [-0.05, 0) is 38.1 Å². The van der Waals surface area contributed by atoms with Crippen molar-refractivity contribution >= 4 is 5.84 Å². The standard InChI is InChI=1S/C14H17N3O3/c1-3-19-11-6-4-10(5-7-11)14-16-12(9(2)20-14)8-13(15)17-18/h4-7,18H,3,8H2,1-2H3,(H2,15,17). The van der Waals surface area contributed by atoms with E-state index < -0.39 is 0 Å². The average Bonchev–Trinajstić information content (AvgIpc) is 2.81. The third-order valence-electron chi connectivity index (χ3n) is 2.78. The molecule has 0 saturated carbocycles. The van der Waals surface area contributed by atoms with Crippen molar-refractivity contribution in [2.24, 2.45) is 10.9 Å². The fraction of sp³-hybridized carbons (Fsp3) is 0.286. The van der Waals surface area contributed by atoms with E-state index in [1.165, 1.54) is 0 Å². The zero-order chi connectivity index (χ0) is 14.5. The quantitative estimate of drug-likeness (QED) is 0.378. The molecular weight excluding hydrogens is 258 g/mol. The summed E-state index contributed by atoms with van der Waals surface area (Å²) in [4.78, 5) is 4.36. The lowest BCUT2D eigenvalue weighted by Gasteiger charge is -2.02. The Balaban J connectivity index is 2.22. The first-order valence-corrected chi connectivity index (χ1v) is 6.30. The molecule has 6 heteroatoms. The van der Waals surface area contributed by atoms with Crippen LogP contribution in [-0.4, -0.2) is 22.6 Å². The maximum atomic E-state index is 8.58. The summed E-state index contributed by atoms with van der Waals surface area (Å²) >= 11 is 0. The van der Waals surface area contributed by atoms with Crippen LogP contribution in [0.4, 0.5) is 0 Å². The van der Waals surface area contributed by atoms with Gasteiger partial charge in [0.05, 0.1) is 18.7 Å². The summed E-state index contributed by atoms with van der Waals surface area (Å²) in [5.41, 5.74) is 6.98. The smallest absolute Gasteiger partial charge is 0.226 e. The van der Waals surface area contributed by atoms with Gasteiger partial charge in [0.25, 0.3) is 0 Å². The van der Waals surface area contributed by atoms with E-state index in [1.54, 1.807) is 6.92 Å². The Morgan fingerprint density at radius 2 is 2.10 bits per heavy atom. The Morgan fingerprint density at radius 3 is 2.70 bits per heavy atom. The van der Waals surface area contributed by atoms with Gasteiger partial charge < -0.3 is 20.1 Å². The number of benzene rings is 1. The van der Waals surface area contributed by atoms with Crippen LogP contribution in [-0.2, 0) is 6.42 Å². The highest BCUT2D eigenvalue weighted by Crippen LogP contribution is 2.24. The topological polar surface area (TPSA) is 93.9 Å². The number of nitrogens with zero attached hydrogens (tertiary/aromatic N) is 2. The van der Waals surface area contributed by atoms with Crippen LogP contribution in [0.5, 0.6) is 5.75 Å². The van der Waals surface area contributed by atoms with Gasteiger partial charge in [-0.2, -0.15) is 0 Å². The molecular formula is C14H17N3O3. The summed E-state index contributed by atoms with van der Waals surface area (Å²) in [5, 5.41) is 11.5. The number of nitrogens with two attached hydrogens (primary N) is 1. The van der Waals surface area contributed by atoms with Gasteiger partial charge in [-0.25, -0.2) is 4.98 Å².